The van der Waals surface area contributed by atoms with E-state index in [0.717, 1.165) is 22.6 Å². The third-order valence-electron chi connectivity index (χ3n) is 5.49. The number of pyridine rings is 2. The van der Waals surface area contributed by atoms with E-state index in [9.17, 15) is 9.59 Å². The number of amides is 1. The fourth-order valence-corrected chi connectivity index (χ4v) is 3.74. The van der Waals surface area contributed by atoms with Gasteiger partial charge >= 0.3 is 0 Å². The van der Waals surface area contributed by atoms with Crippen LogP contribution in [0.5, 0.6) is 0 Å². The van der Waals surface area contributed by atoms with Crippen molar-refractivity contribution in [3.05, 3.63) is 89.0 Å². The van der Waals surface area contributed by atoms with Crippen LogP contribution in [0.3, 0.4) is 0 Å². The second-order valence-electron chi connectivity index (χ2n) is 7.77. The number of aromatic nitrogens is 6. The van der Waals surface area contributed by atoms with Crippen molar-refractivity contribution < 1.29 is 4.79 Å². The predicted molar refractivity (Wildman–Crippen MR) is 128 cm³/mol. The number of nitrogens with two attached hydrogens (primary N) is 1. The maximum Gasteiger partial charge on any atom is 0.273 e. The normalized spacial score (nSPS) is 11.1. The van der Waals surface area contributed by atoms with Crippen molar-refractivity contribution >= 4 is 17.4 Å². The summed E-state index contributed by atoms with van der Waals surface area (Å²) in [6.45, 7) is 2.52. The maximum absolute atomic E-state index is 12.9. The Balaban J connectivity index is 1.51. The average Bonchev–Trinajstić information content (AvgIpc) is 3.50. The van der Waals surface area contributed by atoms with Gasteiger partial charge in [-0.1, -0.05) is 6.07 Å². The summed E-state index contributed by atoms with van der Waals surface area (Å²) < 4.78 is 3.46. The lowest BCUT2D eigenvalue weighted by Gasteiger charge is -2.13. The zero-order chi connectivity index (χ0) is 23.7. The summed E-state index contributed by atoms with van der Waals surface area (Å²) in [5.41, 5.74) is 10.4. The molecule has 4 N–H and O–H groups in total. The second-order valence-corrected chi connectivity index (χ2v) is 7.77. The van der Waals surface area contributed by atoms with Crippen LogP contribution in [0, 0.1) is 6.92 Å². The second kappa shape index (κ2) is 8.66. The Kier molecular flexibility index (Phi) is 5.38. The van der Waals surface area contributed by atoms with Gasteiger partial charge in [-0.25, -0.2) is 15.0 Å². The Bertz CT molecular complexity index is 1550. The molecule has 0 bridgehead atoms. The molecule has 1 amide bonds. The minimum Gasteiger partial charge on any atom is -0.382 e. The first kappa shape index (κ1) is 21.1. The van der Waals surface area contributed by atoms with Crippen LogP contribution < -0.4 is 16.6 Å². The maximum atomic E-state index is 12.9. The largest absolute Gasteiger partial charge is 0.382 e. The lowest BCUT2D eigenvalue weighted by Crippen LogP contribution is -2.31. The van der Waals surface area contributed by atoms with Crippen LogP contribution in [-0.4, -0.2) is 41.4 Å². The minimum absolute atomic E-state index is 0.0163. The number of nitrogens with one attached hydrogen (secondary N) is 2. The molecular formula is C24H22N8O2. The van der Waals surface area contributed by atoms with Crippen molar-refractivity contribution in [2.75, 3.05) is 12.3 Å². The lowest BCUT2D eigenvalue weighted by atomic mass is 10.1. The number of nitrogen functional groups attached to an aromatic ring is 1. The van der Waals surface area contributed by atoms with Crippen molar-refractivity contribution in [2.45, 2.75) is 13.5 Å². The number of hydrogen-bond donors (Lipinski definition) is 3. The summed E-state index contributed by atoms with van der Waals surface area (Å²) >= 11 is 0. The van der Waals surface area contributed by atoms with Gasteiger partial charge in [0.2, 0.25) is 0 Å². The topological polar surface area (TPSA) is 136 Å². The number of aryl methyl sites for hydroxylation is 1. The molecule has 0 atom stereocenters. The standard InChI is InChI=1S/C24H22N8O2/c1-15-13-28-18-8-7-16(14-32(15)18)20-21(17-5-4-9-26-17)30-23(25)22(29-20)24(34)27-10-12-31-11-3-2-6-19(31)33/h2-9,11,13-14,26H,10,12H2,1H3,(H2,25,30)(H,27,34). The van der Waals surface area contributed by atoms with E-state index in [0.29, 0.717) is 17.9 Å². The molecule has 5 aromatic heterocycles. The van der Waals surface area contributed by atoms with Crippen molar-refractivity contribution in [3.8, 4) is 22.6 Å². The fraction of sp³-hybridized carbons (Fsp3) is 0.125. The highest BCUT2D eigenvalue weighted by molar-refractivity contribution is 5.97. The van der Waals surface area contributed by atoms with Crippen LogP contribution in [-0.2, 0) is 6.54 Å². The zero-order valence-electron chi connectivity index (χ0n) is 18.4. The molecule has 0 saturated carbocycles. The van der Waals surface area contributed by atoms with Crippen molar-refractivity contribution in [3.63, 3.8) is 0 Å². The van der Waals surface area contributed by atoms with Gasteiger partial charge in [0.05, 0.1) is 5.69 Å². The molecule has 0 aliphatic carbocycles. The van der Waals surface area contributed by atoms with Gasteiger partial charge in [-0.15, -0.1) is 0 Å². The SMILES string of the molecule is Cc1cnc2ccc(-c3nc(C(=O)NCCn4ccccc4=O)c(N)nc3-c3ccc[nH]3)cn12. The zero-order valence-corrected chi connectivity index (χ0v) is 18.4. The Morgan fingerprint density at radius 2 is 2.00 bits per heavy atom. The molecule has 5 aromatic rings. The highest BCUT2D eigenvalue weighted by atomic mass is 16.2. The molecule has 0 aliphatic heterocycles. The van der Waals surface area contributed by atoms with E-state index in [4.69, 9.17) is 5.73 Å². The number of aromatic amines is 1. The van der Waals surface area contributed by atoms with Gasteiger partial charge < -0.3 is 25.0 Å². The number of carbonyl (C=O) groups excluding carboxylic acids is 1. The molecule has 0 radical (unpaired) electrons. The van der Waals surface area contributed by atoms with Gasteiger partial charge in [0.1, 0.15) is 17.0 Å². The van der Waals surface area contributed by atoms with Crippen LogP contribution in [0.2, 0.25) is 0 Å². The first-order chi connectivity index (χ1) is 16.5. The molecule has 10 nitrogen and oxygen atoms in total. The molecule has 10 heteroatoms. The van der Waals surface area contributed by atoms with Gasteiger partial charge in [0.15, 0.2) is 11.5 Å². The minimum atomic E-state index is -0.465. The molecule has 34 heavy (non-hydrogen) atoms. The number of H-pyrrole nitrogens is 1. The summed E-state index contributed by atoms with van der Waals surface area (Å²) in [5, 5.41) is 2.78. The molecule has 0 unspecified atom stereocenters. The third kappa shape index (κ3) is 3.92. The summed E-state index contributed by atoms with van der Waals surface area (Å²) in [6.07, 6.45) is 7.15. The van der Waals surface area contributed by atoms with Gasteiger partial charge in [-0.2, -0.15) is 0 Å². The number of fused-ring (bicyclic) bond motifs is 1. The number of nitrogens with zero attached hydrogens (tertiary/aromatic N) is 5. The molecule has 5 heterocycles. The van der Waals surface area contributed by atoms with Gasteiger partial charge in [-0.3, -0.25) is 9.59 Å². The summed E-state index contributed by atoms with van der Waals surface area (Å²) in [4.78, 5) is 41.5. The molecular weight excluding hydrogens is 432 g/mol. The quantitative estimate of drug-likeness (QED) is 0.360. The molecule has 0 aliphatic rings. The van der Waals surface area contributed by atoms with Crippen LogP contribution in [0.4, 0.5) is 5.82 Å². The summed E-state index contributed by atoms with van der Waals surface area (Å²) in [5.74, 6) is -0.448. The van der Waals surface area contributed by atoms with E-state index < -0.39 is 5.91 Å². The van der Waals surface area contributed by atoms with Gasteiger partial charge in [0, 0.05) is 55.2 Å². The monoisotopic (exact) mass is 454 g/mol. The molecule has 0 saturated heterocycles. The lowest BCUT2D eigenvalue weighted by molar-refractivity contribution is 0.0948. The number of hydrogen-bond acceptors (Lipinski definition) is 6. The van der Waals surface area contributed by atoms with E-state index in [-0.39, 0.29) is 23.6 Å². The van der Waals surface area contributed by atoms with E-state index in [1.54, 1.807) is 30.7 Å². The smallest absolute Gasteiger partial charge is 0.273 e. The van der Waals surface area contributed by atoms with E-state index in [1.807, 2.05) is 41.8 Å². The van der Waals surface area contributed by atoms with Crippen LogP contribution in [0.25, 0.3) is 28.3 Å². The van der Waals surface area contributed by atoms with E-state index >= 15 is 0 Å². The number of imidazole rings is 1. The van der Waals surface area contributed by atoms with Crippen LogP contribution in [0.15, 0.2) is 72.0 Å². The van der Waals surface area contributed by atoms with Gasteiger partial charge in [-0.05, 0) is 37.3 Å². The van der Waals surface area contributed by atoms with Crippen LogP contribution >= 0.6 is 0 Å². The summed E-state index contributed by atoms with van der Waals surface area (Å²) in [6, 6.07) is 12.4. The number of anilines is 1. The van der Waals surface area contributed by atoms with Gasteiger partial charge in [0.25, 0.3) is 11.5 Å². The average molecular weight is 454 g/mol. The number of rotatable bonds is 6. The summed E-state index contributed by atoms with van der Waals surface area (Å²) in [7, 11) is 0. The van der Waals surface area contributed by atoms with E-state index in [2.05, 4.69) is 25.3 Å². The molecule has 0 spiro atoms. The van der Waals surface area contributed by atoms with Crippen molar-refractivity contribution in [2.24, 2.45) is 0 Å². The molecule has 0 aromatic carbocycles. The predicted octanol–water partition coefficient (Wildman–Crippen LogP) is 2.27. The first-order valence-corrected chi connectivity index (χ1v) is 10.7. The first-order valence-electron chi connectivity index (χ1n) is 10.7. The Labute approximate surface area is 194 Å². The fourth-order valence-electron chi connectivity index (χ4n) is 3.74. The van der Waals surface area contributed by atoms with Crippen molar-refractivity contribution in [1.82, 2.24) is 34.2 Å². The Morgan fingerprint density at radius 3 is 2.79 bits per heavy atom. The molecule has 170 valence electrons. The highest BCUT2D eigenvalue weighted by Crippen LogP contribution is 2.30. The Morgan fingerprint density at radius 1 is 1.12 bits per heavy atom. The van der Waals surface area contributed by atoms with Crippen molar-refractivity contribution in [1.29, 1.82) is 0 Å². The molecule has 5 rings (SSSR count). The molecule has 0 fully saturated rings. The number of carbonyl (C=O) groups is 1. The van der Waals surface area contributed by atoms with Crippen LogP contribution in [0.1, 0.15) is 16.2 Å². The highest BCUT2D eigenvalue weighted by Gasteiger charge is 2.20. The Hall–Kier alpha value is -4.73. The third-order valence-corrected chi connectivity index (χ3v) is 5.49. The van der Waals surface area contributed by atoms with E-state index in [1.165, 1.54) is 10.6 Å².